The van der Waals surface area contributed by atoms with Crippen molar-refractivity contribution in [3.05, 3.63) is 35.9 Å². The second-order valence-electron chi connectivity index (χ2n) is 6.31. The van der Waals surface area contributed by atoms with Crippen LogP contribution in [0.4, 0.5) is 19.0 Å². The van der Waals surface area contributed by atoms with Gasteiger partial charge in [-0.3, -0.25) is 4.68 Å². The number of nitrogens with zero attached hydrogens (tertiary/aromatic N) is 7. The Kier molecular flexibility index (Phi) is 3.62. The van der Waals surface area contributed by atoms with E-state index in [4.69, 9.17) is 0 Å². The summed E-state index contributed by atoms with van der Waals surface area (Å²) in [6.07, 6.45) is 1.11. The van der Waals surface area contributed by atoms with E-state index in [1.54, 1.807) is 10.7 Å². The molecule has 0 saturated carbocycles. The number of hydrogen-bond donors (Lipinski definition) is 0. The van der Waals surface area contributed by atoms with Crippen molar-refractivity contribution in [3.63, 3.8) is 0 Å². The number of hydrogen-bond acceptors (Lipinski definition) is 5. The van der Waals surface area contributed by atoms with E-state index in [1.807, 2.05) is 24.3 Å². The predicted octanol–water partition coefficient (Wildman–Crippen LogP) is 1.95. The lowest BCUT2D eigenvalue weighted by Crippen LogP contribution is -2.23. The molecule has 3 aromatic heterocycles. The Bertz CT molecular complexity index is 898. The summed E-state index contributed by atoms with van der Waals surface area (Å²) >= 11 is 0. The van der Waals surface area contributed by atoms with Gasteiger partial charge in [0.15, 0.2) is 5.65 Å². The monoisotopic (exact) mass is 351 g/mol. The Labute approximate surface area is 141 Å². The van der Waals surface area contributed by atoms with Crippen molar-refractivity contribution >= 4 is 11.5 Å². The zero-order valence-electron chi connectivity index (χ0n) is 13.5. The maximum atomic E-state index is 13.0. The van der Waals surface area contributed by atoms with Crippen molar-refractivity contribution in [3.8, 4) is 0 Å². The number of aryl methyl sites for hydroxylation is 1. The molecule has 7 nitrogen and oxygen atoms in total. The fourth-order valence-electron chi connectivity index (χ4n) is 3.24. The molecule has 0 radical (unpaired) electrons. The SMILES string of the molecule is Cn1cc(CC2CCN(c3ccc4nnc(C(F)(F)F)n4n3)C2)cn1. The van der Waals surface area contributed by atoms with E-state index in [9.17, 15) is 13.2 Å². The minimum absolute atomic E-state index is 0.0854. The molecule has 1 atom stereocenters. The van der Waals surface area contributed by atoms with Crippen LogP contribution in [-0.2, 0) is 19.6 Å². The highest BCUT2D eigenvalue weighted by Crippen LogP contribution is 2.29. The molecule has 1 saturated heterocycles. The van der Waals surface area contributed by atoms with E-state index in [2.05, 4.69) is 20.4 Å². The molecular weight excluding hydrogens is 335 g/mol. The minimum Gasteiger partial charge on any atom is -0.355 e. The van der Waals surface area contributed by atoms with Crippen molar-refractivity contribution in [2.24, 2.45) is 13.0 Å². The zero-order valence-corrected chi connectivity index (χ0v) is 13.5. The fraction of sp³-hybridized carbons (Fsp3) is 0.467. The second kappa shape index (κ2) is 5.71. The fourth-order valence-corrected chi connectivity index (χ4v) is 3.24. The zero-order chi connectivity index (χ0) is 17.6. The summed E-state index contributed by atoms with van der Waals surface area (Å²) in [5, 5.41) is 15.0. The van der Waals surface area contributed by atoms with Crippen LogP contribution in [0.25, 0.3) is 5.65 Å². The summed E-state index contributed by atoms with van der Waals surface area (Å²) in [7, 11) is 1.88. The van der Waals surface area contributed by atoms with Crippen molar-refractivity contribution in [2.75, 3.05) is 18.0 Å². The van der Waals surface area contributed by atoms with Gasteiger partial charge in [-0.05, 0) is 36.5 Å². The van der Waals surface area contributed by atoms with Crippen LogP contribution in [0.15, 0.2) is 24.5 Å². The summed E-state index contributed by atoms with van der Waals surface area (Å²) < 4.78 is 41.5. The third-order valence-electron chi connectivity index (χ3n) is 4.39. The highest BCUT2D eigenvalue weighted by atomic mass is 19.4. The van der Waals surface area contributed by atoms with Gasteiger partial charge in [0.25, 0.3) is 5.82 Å². The molecule has 3 aromatic rings. The number of fused-ring (bicyclic) bond motifs is 1. The summed E-state index contributed by atoms with van der Waals surface area (Å²) in [5.41, 5.74) is 1.25. The maximum Gasteiger partial charge on any atom is 0.453 e. The van der Waals surface area contributed by atoms with Crippen LogP contribution in [0.2, 0.25) is 0 Å². The molecule has 1 unspecified atom stereocenters. The smallest absolute Gasteiger partial charge is 0.355 e. The summed E-state index contributed by atoms with van der Waals surface area (Å²) in [6.45, 7) is 1.50. The summed E-state index contributed by atoms with van der Waals surface area (Å²) in [4.78, 5) is 2.00. The van der Waals surface area contributed by atoms with Gasteiger partial charge >= 0.3 is 6.18 Å². The molecule has 0 spiro atoms. The van der Waals surface area contributed by atoms with Crippen LogP contribution >= 0.6 is 0 Å². The molecule has 0 aromatic carbocycles. The van der Waals surface area contributed by atoms with Gasteiger partial charge in [-0.15, -0.1) is 15.3 Å². The topological polar surface area (TPSA) is 64.1 Å². The number of anilines is 1. The lowest BCUT2D eigenvalue weighted by atomic mass is 10.0. The van der Waals surface area contributed by atoms with Crippen LogP contribution in [0.5, 0.6) is 0 Å². The van der Waals surface area contributed by atoms with Crippen LogP contribution < -0.4 is 4.90 Å². The van der Waals surface area contributed by atoms with Gasteiger partial charge < -0.3 is 4.90 Å². The third-order valence-corrected chi connectivity index (χ3v) is 4.39. The van der Waals surface area contributed by atoms with Gasteiger partial charge in [0.1, 0.15) is 5.82 Å². The van der Waals surface area contributed by atoms with E-state index < -0.39 is 12.0 Å². The molecule has 1 aliphatic heterocycles. The maximum absolute atomic E-state index is 13.0. The van der Waals surface area contributed by atoms with Crippen molar-refractivity contribution in [1.82, 2.24) is 29.6 Å². The third kappa shape index (κ3) is 3.03. The molecule has 132 valence electrons. The average molecular weight is 351 g/mol. The first-order valence-corrected chi connectivity index (χ1v) is 7.92. The number of alkyl halides is 3. The van der Waals surface area contributed by atoms with E-state index in [1.165, 1.54) is 6.07 Å². The summed E-state index contributed by atoms with van der Waals surface area (Å²) in [6, 6.07) is 3.20. The van der Waals surface area contributed by atoms with Crippen molar-refractivity contribution < 1.29 is 13.2 Å². The van der Waals surface area contributed by atoms with Gasteiger partial charge in [-0.25, -0.2) is 0 Å². The quantitative estimate of drug-likeness (QED) is 0.722. The Balaban J connectivity index is 1.54. The number of aromatic nitrogens is 6. The molecule has 1 aliphatic rings. The molecule has 0 amide bonds. The van der Waals surface area contributed by atoms with Gasteiger partial charge in [-0.1, -0.05) is 0 Å². The van der Waals surface area contributed by atoms with Gasteiger partial charge in [0, 0.05) is 26.3 Å². The molecule has 0 bridgehead atoms. The first-order valence-electron chi connectivity index (χ1n) is 7.92. The second-order valence-corrected chi connectivity index (χ2v) is 6.31. The van der Waals surface area contributed by atoms with Gasteiger partial charge in [0.2, 0.25) is 0 Å². The Morgan fingerprint density at radius 1 is 1.24 bits per heavy atom. The van der Waals surface area contributed by atoms with Crippen LogP contribution in [0.3, 0.4) is 0 Å². The van der Waals surface area contributed by atoms with Crippen LogP contribution in [-0.4, -0.2) is 42.7 Å². The van der Waals surface area contributed by atoms with E-state index >= 15 is 0 Å². The molecule has 4 heterocycles. The molecule has 25 heavy (non-hydrogen) atoms. The molecule has 10 heteroatoms. The lowest BCUT2D eigenvalue weighted by Gasteiger charge is -2.17. The standard InChI is InChI=1S/C15H16F3N7/c1-23-8-11(7-19-23)6-10-4-5-24(9-10)13-3-2-12-20-21-14(15(16,17)18)25(12)22-13/h2-3,7-8,10H,4-6,9H2,1H3. The molecule has 4 rings (SSSR count). The highest BCUT2D eigenvalue weighted by Gasteiger charge is 2.38. The minimum atomic E-state index is -4.58. The van der Waals surface area contributed by atoms with Crippen molar-refractivity contribution in [2.45, 2.75) is 19.0 Å². The predicted molar refractivity (Wildman–Crippen MR) is 83.0 cm³/mol. The van der Waals surface area contributed by atoms with Crippen LogP contribution in [0, 0.1) is 5.92 Å². The molecule has 0 N–H and O–H groups in total. The summed E-state index contributed by atoms with van der Waals surface area (Å²) in [5.74, 6) is -0.174. The number of halogens is 3. The highest BCUT2D eigenvalue weighted by molar-refractivity contribution is 5.46. The first-order chi connectivity index (χ1) is 11.9. The van der Waals surface area contributed by atoms with Gasteiger partial charge in [0.05, 0.1) is 6.20 Å². The van der Waals surface area contributed by atoms with Crippen LogP contribution in [0.1, 0.15) is 17.8 Å². The normalized spacial score (nSPS) is 18.4. The van der Waals surface area contributed by atoms with E-state index in [-0.39, 0.29) is 5.65 Å². The van der Waals surface area contributed by atoms with E-state index in [0.29, 0.717) is 11.7 Å². The largest absolute Gasteiger partial charge is 0.453 e. The van der Waals surface area contributed by atoms with Gasteiger partial charge in [-0.2, -0.15) is 22.8 Å². The van der Waals surface area contributed by atoms with Crippen molar-refractivity contribution in [1.29, 1.82) is 0 Å². The average Bonchev–Trinajstić information content (AvgIpc) is 3.25. The molecular formula is C15H16F3N7. The number of rotatable bonds is 3. The molecule has 1 fully saturated rings. The Hall–Kier alpha value is -2.65. The molecule has 0 aliphatic carbocycles. The van der Waals surface area contributed by atoms with E-state index in [0.717, 1.165) is 36.0 Å². The Morgan fingerprint density at radius 3 is 2.80 bits per heavy atom. The first kappa shape index (κ1) is 15.9. The lowest BCUT2D eigenvalue weighted by molar-refractivity contribution is -0.146. The Morgan fingerprint density at radius 2 is 2.08 bits per heavy atom.